The standard InChI is InChI=1S/C15H22N2O3S/c1-10-4-11(2)15(20-3)14(5-10)21(18,19)17-8-12-6-16-7-13(12)9-17/h4-5,12-13,16H,6-9H2,1-3H3/t12-,13+. The number of ether oxygens (including phenoxy) is 1. The van der Waals surface area contributed by atoms with Crippen molar-refractivity contribution >= 4 is 10.0 Å². The first-order valence-corrected chi connectivity index (χ1v) is 8.73. The number of hydrogen-bond donors (Lipinski definition) is 1. The summed E-state index contributed by atoms with van der Waals surface area (Å²) in [5.41, 5.74) is 1.80. The highest BCUT2D eigenvalue weighted by molar-refractivity contribution is 7.89. The topological polar surface area (TPSA) is 58.6 Å². The summed E-state index contributed by atoms with van der Waals surface area (Å²) < 4.78 is 32.9. The summed E-state index contributed by atoms with van der Waals surface area (Å²) in [5.74, 6) is 1.35. The molecule has 0 unspecified atom stereocenters. The van der Waals surface area contributed by atoms with Gasteiger partial charge in [-0.15, -0.1) is 0 Å². The van der Waals surface area contributed by atoms with E-state index in [0.717, 1.165) is 24.2 Å². The first-order valence-electron chi connectivity index (χ1n) is 7.29. The van der Waals surface area contributed by atoms with Crippen molar-refractivity contribution in [2.45, 2.75) is 18.7 Å². The van der Waals surface area contributed by atoms with Crippen LogP contribution in [0.2, 0.25) is 0 Å². The van der Waals surface area contributed by atoms with Crippen LogP contribution in [0.1, 0.15) is 11.1 Å². The Kier molecular flexibility index (Phi) is 3.71. The molecule has 21 heavy (non-hydrogen) atoms. The van der Waals surface area contributed by atoms with Gasteiger partial charge < -0.3 is 10.1 Å². The van der Waals surface area contributed by atoms with Crippen molar-refractivity contribution in [3.8, 4) is 5.75 Å². The van der Waals surface area contributed by atoms with Gasteiger partial charge in [-0.25, -0.2) is 8.42 Å². The number of nitrogens with zero attached hydrogens (tertiary/aromatic N) is 1. The molecule has 0 radical (unpaired) electrons. The van der Waals surface area contributed by atoms with E-state index < -0.39 is 10.0 Å². The van der Waals surface area contributed by atoms with Crippen molar-refractivity contribution in [2.24, 2.45) is 11.8 Å². The molecule has 116 valence electrons. The fraction of sp³-hybridized carbons (Fsp3) is 0.600. The zero-order chi connectivity index (χ0) is 15.2. The number of nitrogens with one attached hydrogen (secondary N) is 1. The third-order valence-corrected chi connectivity index (χ3v) is 6.40. The average Bonchev–Trinajstić information content (AvgIpc) is 2.98. The van der Waals surface area contributed by atoms with Gasteiger partial charge in [0.2, 0.25) is 10.0 Å². The van der Waals surface area contributed by atoms with Crippen LogP contribution in [0.3, 0.4) is 0 Å². The predicted octanol–water partition coefficient (Wildman–Crippen LogP) is 1.15. The summed E-state index contributed by atoms with van der Waals surface area (Å²) in [6, 6.07) is 3.66. The normalized spacial score (nSPS) is 26.0. The summed E-state index contributed by atoms with van der Waals surface area (Å²) in [6.45, 7) is 6.84. The maximum Gasteiger partial charge on any atom is 0.246 e. The van der Waals surface area contributed by atoms with Gasteiger partial charge in [0.1, 0.15) is 10.6 Å². The van der Waals surface area contributed by atoms with Crippen molar-refractivity contribution in [1.29, 1.82) is 0 Å². The lowest BCUT2D eigenvalue weighted by atomic mass is 10.0. The number of benzene rings is 1. The van der Waals surface area contributed by atoms with E-state index in [9.17, 15) is 8.42 Å². The Morgan fingerprint density at radius 3 is 2.38 bits per heavy atom. The molecule has 0 aliphatic carbocycles. The molecule has 6 heteroatoms. The molecule has 0 amide bonds. The lowest BCUT2D eigenvalue weighted by Gasteiger charge is -2.20. The highest BCUT2D eigenvalue weighted by atomic mass is 32.2. The van der Waals surface area contributed by atoms with E-state index in [1.807, 2.05) is 19.9 Å². The minimum atomic E-state index is -3.49. The second kappa shape index (κ2) is 5.26. The van der Waals surface area contributed by atoms with E-state index >= 15 is 0 Å². The van der Waals surface area contributed by atoms with Crippen LogP contribution in [0.25, 0.3) is 0 Å². The van der Waals surface area contributed by atoms with Crippen LogP contribution in [-0.4, -0.2) is 46.0 Å². The quantitative estimate of drug-likeness (QED) is 0.910. The molecule has 3 rings (SSSR count). The maximum absolute atomic E-state index is 13.0. The van der Waals surface area contributed by atoms with Gasteiger partial charge >= 0.3 is 0 Å². The zero-order valence-electron chi connectivity index (χ0n) is 12.7. The number of sulfonamides is 1. The Morgan fingerprint density at radius 1 is 1.19 bits per heavy atom. The molecule has 2 aliphatic heterocycles. The molecular weight excluding hydrogens is 288 g/mol. The van der Waals surface area contributed by atoms with Crippen molar-refractivity contribution in [2.75, 3.05) is 33.3 Å². The number of fused-ring (bicyclic) bond motifs is 1. The van der Waals surface area contributed by atoms with Crippen molar-refractivity contribution < 1.29 is 13.2 Å². The minimum Gasteiger partial charge on any atom is -0.495 e. The van der Waals surface area contributed by atoms with E-state index in [2.05, 4.69) is 5.32 Å². The Hall–Kier alpha value is -1.11. The number of rotatable bonds is 3. The molecule has 0 bridgehead atoms. The molecule has 1 N–H and O–H groups in total. The summed E-state index contributed by atoms with van der Waals surface area (Å²) in [5, 5.41) is 3.33. The number of hydrogen-bond acceptors (Lipinski definition) is 4. The molecule has 2 heterocycles. The van der Waals surface area contributed by atoms with Crippen LogP contribution in [0.5, 0.6) is 5.75 Å². The monoisotopic (exact) mass is 310 g/mol. The van der Waals surface area contributed by atoms with Crippen molar-refractivity contribution in [3.05, 3.63) is 23.3 Å². The minimum absolute atomic E-state index is 0.301. The van der Waals surface area contributed by atoms with Gasteiger partial charge in [0.05, 0.1) is 7.11 Å². The summed E-state index contributed by atoms with van der Waals surface area (Å²) >= 11 is 0. The molecular formula is C15H22N2O3S. The van der Waals surface area contributed by atoms with Crippen LogP contribution in [0, 0.1) is 25.7 Å². The Bertz CT molecular complexity index is 645. The summed E-state index contributed by atoms with van der Waals surface area (Å²) in [4.78, 5) is 0.301. The molecule has 2 atom stereocenters. The van der Waals surface area contributed by atoms with Crippen molar-refractivity contribution in [3.63, 3.8) is 0 Å². The van der Waals surface area contributed by atoms with Crippen molar-refractivity contribution in [1.82, 2.24) is 9.62 Å². The molecule has 1 aromatic carbocycles. The molecule has 2 saturated heterocycles. The number of aryl methyl sites for hydroxylation is 2. The predicted molar refractivity (Wildman–Crippen MR) is 81.1 cm³/mol. The highest BCUT2D eigenvalue weighted by Crippen LogP contribution is 2.35. The zero-order valence-corrected chi connectivity index (χ0v) is 13.5. The number of methoxy groups -OCH3 is 1. The SMILES string of the molecule is COc1c(C)cc(C)cc1S(=O)(=O)N1C[C@H]2CNC[C@H]2C1. The van der Waals surface area contributed by atoms with Gasteiger partial charge in [-0.1, -0.05) is 6.07 Å². The Balaban J connectivity index is 1.99. The molecule has 1 aromatic rings. The first-order chi connectivity index (χ1) is 9.93. The van der Waals surface area contributed by atoms with Crippen LogP contribution < -0.4 is 10.1 Å². The molecule has 2 aliphatic rings. The summed E-state index contributed by atoms with van der Waals surface area (Å²) in [7, 11) is -1.96. The third kappa shape index (κ3) is 2.45. The van der Waals surface area contributed by atoms with Crippen LogP contribution in [-0.2, 0) is 10.0 Å². The lowest BCUT2D eigenvalue weighted by molar-refractivity contribution is 0.393. The fourth-order valence-electron chi connectivity index (χ4n) is 3.52. The molecule has 0 aromatic heterocycles. The molecule has 5 nitrogen and oxygen atoms in total. The Labute approximate surface area is 126 Å². The van der Waals surface area contributed by atoms with E-state index in [4.69, 9.17) is 4.74 Å². The third-order valence-electron chi connectivity index (χ3n) is 4.56. The van der Waals surface area contributed by atoms with Crippen LogP contribution in [0.4, 0.5) is 0 Å². The average molecular weight is 310 g/mol. The van der Waals surface area contributed by atoms with Crippen LogP contribution in [0.15, 0.2) is 17.0 Å². The van der Waals surface area contributed by atoms with Gasteiger partial charge in [0, 0.05) is 13.1 Å². The van der Waals surface area contributed by atoms with E-state index in [-0.39, 0.29) is 0 Å². The maximum atomic E-state index is 13.0. The van der Waals surface area contributed by atoms with Gasteiger partial charge in [-0.2, -0.15) is 4.31 Å². The Morgan fingerprint density at radius 2 is 1.81 bits per heavy atom. The highest BCUT2D eigenvalue weighted by Gasteiger charge is 2.42. The second-order valence-electron chi connectivity index (χ2n) is 6.11. The lowest BCUT2D eigenvalue weighted by Crippen LogP contribution is -2.32. The van der Waals surface area contributed by atoms with Gasteiger partial charge in [0.25, 0.3) is 0 Å². The second-order valence-corrected chi connectivity index (χ2v) is 8.02. The van der Waals surface area contributed by atoms with Crippen LogP contribution >= 0.6 is 0 Å². The van der Waals surface area contributed by atoms with Gasteiger partial charge in [0.15, 0.2) is 0 Å². The van der Waals surface area contributed by atoms with E-state index in [0.29, 0.717) is 35.6 Å². The van der Waals surface area contributed by atoms with Gasteiger partial charge in [-0.05, 0) is 56.0 Å². The smallest absolute Gasteiger partial charge is 0.246 e. The van der Waals surface area contributed by atoms with E-state index in [1.54, 1.807) is 10.4 Å². The first kappa shape index (κ1) is 14.8. The molecule has 2 fully saturated rings. The fourth-order valence-corrected chi connectivity index (χ4v) is 5.38. The summed E-state index contributed by atoms with van der Waals surface area (Å²) in [6.07, 6.45) is 0. The van der Waals surface area contributed by atoms with Gasteiger partial charge in [-0.3, -0.25) is 0 Å². The molecule has 0 spiro atoms. The van der Waals surface area contributed by atoms with E-state index in [1.165, 1.54) is 7.11 Å². The molecule has 0 saturated carbocycles. The largest absolute Gasteiger partial charge is 0.495 e.